The highest BCUT2D eigenvalue weighted by molar-refractivity contribution is 5.78. The summed E-state index contributed by atoms with van der Waals surface area (Å²) in [5.41, 5.74) is 2.77. The first kappa shape index (κ1) is 15.5. The predicted molar refractivity (Wildman–Crippen MR) is 79.7 cm³/mol. The van der Waals surface area contributed by atoms with Crippen LogP contribution in [-0.4, -0.2) is 17.0 Å². The maximum Gasteiger partial charge on any atom is 0.310 e. The molecule has 4 heteroatoms. The van der Waals surface area contributed by atoms with Gasteiger partial charge in [0, 0.05) is 6.92 Å². The largest absolute Gasteiger partial charge is 0.481 e. The molecule has 1 aromatic carbocycles. The van der Waals surface area contributed by atoms with Crippen LogP contribution >= 0.6 is 0 Å². The lowest BCUT2D eigenvalue weighted by atomic mass is 9.72. The third kappa shape index (κ3) is 3.09. The van der Waals surface area contributed by atoms with E-state index in [0.29, 0.717) is 24.0 Å². The molecule has 0 aliphatic heterocycles. The van der Waals surface area contributed by atoms with Gasteiger partial charge in [0.15, 0.2) is 0 Å². The molecule has 0 amide bonds. The van der Waals surface area contributed by atoms with E-state index in [1.807, 2.05) is 13.0 Å². The fourth-order valence-corrected chi connectivity index (χ4v) is 3.22. The van der Waals surface area contributed by atoms with Gasteiger partial charge in [0.1, 0.15) is 5.75 Å². The van der Waals surface area contributed by atoms with Crippen molar-refractivity contribution in [3.8, 4) is 5.75 Å². The van der Waals surface area contributed by atoms with Gasteiger partial charge in [0.25, 0.3) is 0 Å². The third-order valence-electron chi connectivity index (χ3n) is 4.28. The Kier molecular flexibility index (Phi) is 4.35. The standard InChI is InChI=1S/C17H22O4/c1-9(2)12-5-6-13(17(19)20)15-8-16(21-11(4)18)10(3)7-14(12)15/h7-9,12-13H,5-6H2,1-4H3,(H,19,20)/t12-,13+/m0/s1. The van der Waals surface area contributed by atoms with Crippen molar-refractivity contribution in [1.82, 2.24) is 0 Å². The van der Waals surface area contributed by atoms with E-state index < -0.39 is 11.9 Å². The predicted octanol–water partition coefficient (Wildman–Crippen LogP) is 3.62. The van der Waals surface area contributed by atoms with Crippen LogP contribution in [0.4, 0.5) is 0 Å². The van der Waals surface area contributed by atoms with Crippen molar-refractivity contribution in [1.29, 1.82) is 0 Å². The van der Waals surface area contributed by atoms with Gasteiger partial charge in [0.2, 0.25) is 0 Å². The molecule has 4 nitrogen and oxygen atoms in total. The molecule has 114 valence electrons. The van der Waals surface area contributed by atoms with Crippen molar-refractivity contribution in [2.45, 2.75) is 52.4 Å². The Balaban J connectivity index is 2.55. The van der Waals surface area contributed by atoms with E-state index >= 15 is 0 Å². The van der Waals surface area contributed by atoms with Crippen LogP contribution in [0.1, 0.15) is 62.1 Å². The summed E-state index contributed by atoms with van der Waals surface area (Å²) >= 11 is 0. The average Bonchev–Trinajstić information content (AvgIpc) is 2.37. The molecule has 0 radical (unpaired) electrons. The van der Waals surface area contributed by atoms with E-state index in [2.05, 4.69) is 13.8 Å². The Morgan fingerprint density at radius 2 is 1.90 bits per heavy atom. The number of aliphatic carboxylic acids is 1. The summed E-state index contributed by atoms with van der Waals surface area (Å²) in [5.74, 6) is -0.419. The Labute approximate surface area is 125 Å². The Morgan fingerprint density at radius 1 is 1.24 bits per heavy atom. The van der Waals surface area contributed by atoms with E-state index in [1.54, 1.807) is 6.07 Å². The highest BCUT2D eigenvalue weighted by Crippen LogP contribution is 2.44. The van der Waals surface area contributed by atoms with Gasteiger partial charge >= 0.3 is 11.9 Å². The van der Waals surface area contributed by atoms with Crippen molar-refractivity contribution in [3.05, 3.63) is 28.8 Å². The maximum atomic E-state index is 11.5. The van der Waals surface area contributed by atoms with Crippen molar-refractivity contribution < 1.29 is 19.4 Å². The number of ether oxygens (including phenoxy) is 1. The van der Waals surface area contributed by atoms with Crippen LogP contribution in [-0.2, 0) is 9.59 Å². The normalized spacial score (nSPS) is 21.0. The zero-order chi connectivity index (χ0) is 15.7. The SMILES string of the molecule is CC(=O)Oc1cc2c(cc1C)[C@H](C(C)C)CC[C@H]2C(=O)O. The number of carbonyl (C=O) groups is 2. The molecule has 0 unspecified atom stereocenters. The zero-order valence-electron chi connectivity index (χ0n) is 13.0. The fourth-order valence-electron chi connectivity index (χ4n) is 3.22. The molecule has 0 saturated heterocycles. The molecule has 21 heavy (non-hydrogen) atoms. The lowest BCUT2D eigenvalue weighted by molar-refractivity contribution is -0.139. The Morgan fingerprint density at radius 3 is 2.43 bits per heavy atom. The molecular weight excluding hydrogens is 268 g/mol. The van der Waals surface area contributed by atoms with Crippen LogP contribution in [0, 0.1) is 12.8 Å². The summed E-state index contributed by atoms with van der Waals surface area (Å²) in [5, 5.41) is 9.44. The first-order valence-corrected chi connectivity index (χ1v) is 7.37. The quantitative estimate of drug-likeness (QED) is 0.682. The molecule has 0 heterocycles. The van der Waals surface area contributed by atoms with Crippen LogP contribution in [0.5, 0.6) is 5.75 Å². The first-order chi connectivity index (χ1) is 9.81. The van der Waals surface area contributed by atoms with Gasteiger partial charge in [-0.25, -0.2) is 0 Å². The summed E-state index contributed by atoms with van der Waals surface area (Å²) in [4.78, 5) is 22.7. The van der Waals surface area contributed by atoms with Gasteiger partial charge in [-0.15, -0.1) is 0 Å². The van der Waals surface area contributed by atoms with Crippen molar-refractivity contribution in [2.75, 3.05) is 0 Å². The molecule has 2 rings (SSSR count). The van der Waals surface area contributed by atoms with Crippen LogP contribution in [0.25, 0.3) is 0 Å². The number of benzene rings is 1. The summed E-state index contributed by atoms with van der Waals surface area (Å²) in [6.07, 6.45) is 1.52. The zero-order valence-corrected chi connectivity index (χ0v) is 13.0. The minimum absolute atomic E-state index is 0.362. The molecule has 1 aliphatic rings. The van der Waals surface area contributed by atoms with E-state index in [1.165, 1.54) is 6.92 Å². The minimum atomic E-state index is -0.809. The smallest absolute Gasteiger partial charge is 0.310 e. The van der Waals surface area contributed by atoms with E-state index in [9.17, 15) is 14.7 Å². The molecule has 1 aliphatic carbocycles. The molecule has 2 atom stereocenters. The number of carbonyl (C=O) groups excluding carboxylic acids is 1. The van der Waals surface area contributed by atoms with E-state index in [0.717, 1.165) is 23.1 Å². The summed E-state index contributed by atoms with van der Waals surface area (Å²) < 4.78 is 5.20. The van der Waals surface area contributed by atoms with Crippen molar-refractivity contribution >= 4 is 11.9 Å². The number of esters is 1. The molecule has 0 aromatic heterocycles. The summed E-state index contributed by atoms with van der Waals surface area (Å²) in [6, 6.07) is 3.74. The van der Waals surface area contributed by atoms with Crippen LogP contribution < -0.4 is 4.74 Å². The van der Waals surface area contributed by atoms with Crippen LogP contribution in [0.3, 0.4) is 0 Å². The second kappa shape index (κ2) is 5.88. The number of carboxylic acids is 1. The third-order valence-corrected chi connectivity index (χ3v) is 4.28. The second-order valence-corrected chi connectivity index (χ2v) is 6.16. The monoisotopic (exact) mass is 290 g/mol. The molecule has 0 bridgehead atoms. The minimum Gasteiger partial charge on any atom is -0.481 e. The van der Waals surface area contributed by atoms with Gasteiger partial charge in [0.05, 0.1) is 5.92 Å². The second-order valence-electron chi connectivity index (χ2n) is 6.16. The van der Waals surface area contributed by atoms with Gasteiger partial charge in [-0.3, -0.25) is 9.59 Å². The van der Waals surface area contributed by atoms with E-state index in [-0.39, 0.29) is 5.97 Å². The van der Waals surface area contributed by atoms with Gasteiger partial charge in [-0.05, 0) is 54.4 Å². The number of hydrogen-bond acceptors (Lipinski definition) is 3. The topological polar surface area (TPSA) is 63.6 Å². The number of rotatable bonds is 3. The summed E-state index contributed by atoms with van der Waals surface area (Å²) in [6.45, 7) is 7.56. The van der Waals surface area contributed by atoms with Crippen molar-refractivity contribution in [2.24, 2.45) is 5.92 Å². The molecule has 0 saturated carbocycles. The summed E-state index contributed by atoms with van der Waals surface area (Å²) in [7, 11) is 0. The Hall–Kier alpha value is -1.84. The average molecular weight is 290 g/mol. The number of fused-ring (bicyclic) bond motifs is 1. The molecule has 0 fully saturated rings. The van der Waals surface area contributed by atoms with Gasteiger partial charge in [-0.2, -0.15) is 0 Å². The lowest BCUT2D eigenvalue weighted by Gasteiger charge is -2.32. The van der Waals surface area contributed by atoms with E-state index in [4.69, 9.17) is 4.74 Å². The highest BCUT2D eigenvalue weighted by atomic mass is 16.5. The Bertz CT molecular complexity index is 574. The lowest BCUT2D eigenvalue weighted by Crippen LogP contribution is -2.23. The molecule has 0 spiro atoms. The van der Waals surface area contributed by atoms with Gasteiger partial charge < -0.3 is 9.84 Å². The van der Waals surface area contributed by atoms with Crippen LogP contribution in [0.2, 0.25) is 0 Å². The molecular formula is C17H22O4. The number of carboxylic acid groups (broad SMARTS) is 1. The number of aryl methyl sites for hydroxylation is 1. The fraction of sp³-hybridized carbons (Fsp3) is 0.529. The van der Waals surface area contributed by atoms with Crippen LogP contribution in [0.15, 0.2) is 12.1 Å². The highest BCUT2D eigenvalue weighted by Gasteiger charge is 2.33. The first-order valence-electron chi connectivity index (χ1n) is 7.37. The van der Waals surface area contributed by atoms with Gasteiger partial charge in [-0.1, -0.05) is 19.9 Å². The number of hydrogen-bond donors (Lipinski definition) is 1. The molecule has 1 N–H and O–H groups in total. The maximum absolute atomic E-state index is 11.5. The molecule has 1 aromatic rings. The van der Waals surface area contributed by atoms with Crippen molar-refractivity contribution in [3.63, 3.8) is 0 Å².